The average molecular weight is 247 g/mol. The van der Waals surface area contributed by atoms with E-state index in [9.17, 15) is 19.5 Å². The Balaban J connectivity index is 3.89. The van der Waals surface area contributed by atoms with E-state index in [1.807, 2.05) is 0 Å². The Kier molecular flexibility index (Phi) is 8.67. The van der Waals surface area contributed by atoms with Crippen LogP contribution in [0.1, 0.15) is 26.2 Å². The van der Waals surface area contributed by atoms with Crippen molar-refractivity contribution < 1.29 is 33.7 Å². The molecule has 0 amide bonds. The van der Waals surface area contributed by atoms with Gasteiger partial charge in [0, 0.05) is 6.42 Å². The lowest BCUT2D eigenvalue weighted by Gasteiger charge is -2.17. The first kappa shape index (κ1) is 15.4. The SMILES string of the molecule is CCC(CC([O])OC=O)OC(=O)CCOC=O. The summed E-state index contributed by atoms with van der Waals surface area (Å²) in [6.45, 7) is 1.96. The predicted molar refractivity (Wildman–Crippen MR) is 53.0 cm³/mol. The van der Waals surface area contributed by atoms with Crippen LogP contribution in [0.3, 0.4) is 0 Å². The van der Waals surface area contributed by atoms with E-state index in [-0.39, 0.29) is 32.4 Å². The molecule has 0 heterocycles. The molecule has 0 spiro atoms. The van der Waals surface area contributed by atoms with Crippen molar-refractivity contribution in [3.05, 3.63) is 0 Å². The van der Waals surface area contributed by atoms with E-state index in [1.165, 1.54) is 0 Å². The lowest BCUT2D eigenvalue weighted by Crippen LogP contribution is -2.24. The van der Waals surface area contributed by atoms with Crippen molar-refractivity contribution in [1.29, 1.82) is 0 Å². The molecular formula is C10H15O7. The molecular weight excluding hydrogens is 232 g/mol. The molecule has 2 atom stereocenters. The van der Waals surface area contributed by atoms with Crippen LogP contribution in [0.5, 0.6) is 0 Å². The molecule has 97 valence electrons. The molecule has 0 aliphatic heterocycles. The van der Waals surface area contributed by atoms with Gasteiger partial charge in [0.1, 0.15) is 12.7 Å². The van der Waals surface area contributed by atoms with Gasteiger partial charge in [-0.25, -0.2) is 0 Å². The summed E-state index contributed by atoms with van der Waals surface area (Å²) in [5.41, 5.74) is 0. The first-order chi connectivity index (χ1) is 8.13. The van der Waals surface area contributed by atoms with Crippen molar-refractivity contribution in [2.75, 3.05) is 6.61 Å². The molecule has 7 heteroatoms. The van der Waals surface area contributed by atoms with Crippen molar-refractivity contribution in [1.82, 2.24) is 0 Å². The maximum absolute atomic E-state index is 11.2. The minimum absolute atomic E-state index is 0.0597. The van der Waals surface area contributed by atoms with Crippen LogP contribution in [-0.4, -0.2) is 37.9 Å². The summed E-state index contributed by atoms with van der Waals surface area (Å²) >= 11 is 0. The molecule has 0 aromatic carbocycles. The first-order valence-electron chi connectivity index (χ1n) is 5.13. The Bertz CT molecular complexity index is 241. The van der Waals surface area contributed by atoms with Gasteiger partial charge in [0.05, 0.1) is 6.42 Å². The molecule has 2 unspecified atom stereocenters. The fourth-order valence-corrected chi connectivity index (χ4v) is 1.07. The molecule has 0 rings (SSSR count). The standard InChI is InChI=1S/C10H15O7/c1-2-8(5-10(14)16-7-12)17-9(13)3-4-15-6-11/h6-8,10H,2-5H2,1H3. The zero-order valence-corrected chi connectivity index (χ0v) is 9.50. The van der Waals surface area contributed by atoms with Crippen molar-refractivity contribution in [3.8, 4) is 0 Å². The lowest BCUT2D eigenvalue weighted by atomic mass is 10.2. The van der Waals surface area contributed by atoms with E-state index in [2.05, 4.69) is 9.47 Å². The third kappa shape index (κ3) is 8.21. The van der Waals surface area contributed by atoms with Gasteiger partial charge in [0.25, 0.3) is 12.9 Å². The summed E-state index contributed by atoms with van der Waals surface area (Å²) in [5.74, 6) is -0.572. The van der Waals surface area contributed by atoms with E-state index >= 15 is 0 Å². The Hall–Kier alpha value is -1.63. The number of esters is 1. The third-order valence-electron chi connectivity index (χ3n) is 1.91. The summed E-state index contributed by atoms with van der Waals surface area (Å²) in [4.78, 5) is 30.9. The second-order valence-corrected chi connectivity index (χ2v) is 3.13. The van der Waals surface area contributed by atoms with Gasteiger partial charge in [-0.15, -0.1) is 0 Å². The predicted octanol–water partition coefficient (Wildman–Crippen LogP) is 0.191. The topological polar surface area (TPSA) is 98.8 Å². The number of ether oxygens (including phenoxy) is 3. The quantitative estimate of drug-likeness (QED) is 0.180. The molecule has 7 nitrogen and oxygen atoms in total. The third-order valence-corrected chi connectivity index (χ3v) is 1.91. The fraction of sp³-hybridized carbons (Fsp3) is 0.700. The second kappa shape index (κ2) is 9.59. The lowest BCUT2D eigenvalue weighted by molar-refractivity contribution is -0.175. The number of carbonyl (C=O) groups excluding carboxylic acids is 3. The van der Waals surface area contributed by atoms with Gasteiger partial charge >= 0.3 is 5.97 Å². The van der Waals surface area contributed by atoms with Gasteiger partial charge in [-0.1, -0.05) is 6.92 Å². The molecule has 0 aliphatic rings. The van der Waals surface area contributed by atoms with Crippen LogP contribution in [-0.2, 0) is 33.7 Å². The van der Waals surface area contributed by atoms with Crippen LogP contribution >= 0.6 is 0 Å². The van der Waals surface area contributed by atoms with Crippen LogP contribution < -0.4 is 0 Å². The Morgan fingerprint density at radius 2 is 2.00 bits per heavy atom. The van der Waals surface area contributed by atoms with Crippen LogP contribution in [0.15, 0.2) is 0 Å². The van der Waals surface area contributed by atoms with Crippen LogP contribution in [0, 0.1) is 0 Å². The van der Waals surface area contributed by atoms with Gasteiger partial charge in [-0.3, -0.25) is 14.4 Å². The van der Waals surface area contributed by atoms with Gasteiger partial charge < -0.3 is 14.2 Å². The van der Waals surface area contributed by atoms with E-state index in [0.29, 0.717) is 6.42 Å². The van der Waals surface area contributed by atoms with Gasteiger partial charge in [-0.2, -0.15) is 5.11 Å². The molecule has 0 bridgehead atoms. The zero-order valence-electron chi connectivity index (χ0n) is 9.50. The normalized spacial score (nSPS) is 13.3. The summed E-state index contributed by atoms with van der Waals surface area (Å²) < 4.78 is 13.4. The number of hydrogen-bond donors (Lipinski definition) is 0. The minimum atomic E-state index is -1.54. The molecule has 1 radical (unpaired) electrons. The number of hydrogen-bond acceptors (Lipinski definition) is 6. The molecule has 0 N–H and O–H groups in total. The highest BCUT2D eigenvalue weighted by molar-refractivity contribution is 5.69. The summed E-state index contributed by atoms with van der Waals surface area (Å²) in [7, 11) is 0. The molecule has 0 saturated heterocycles. The second-order valence-electron chi connectivity index (χ2n) is 3.13. The summed E-state index contributed by atoms with van der Waals surface area (Å²) in [6.07, 6.45) is -1.90. The zero-order chi connectivity index (χ0) is 13.1. The van der Waals surface area contributed by atoms with Gasteiger partial charge in [0.15, 0.2) is 0 Å². The summed E-state index contributed by atoms with van der Waals surface area (Å²) in [6, 6.07) is 0. The van der Waals surface area contributed by atoms with Crippen molar-refractivity contribution in [2.45, 2.75) is 38.6 Å². The van der Waals surface area contributed by atoms with Gasteiger partial charge in [-0.05, 0) is 6.42 Å². The van der Waals surface area contributed by atoms with E-state index in [1.54, 1.807) is 6.92 Å². The van der Waals surface area contributed by atoms with Crippen LogP contribution in [0.2, 0.25) is 0 Å². The van der Waals surface area contributed by atoms with Crippen molar-refractivity contribution in [2.24, 2.45) is 0 Å². The number of rotatable bonds is 10. The van der Waals surface area contributed by atoms with Gasteiger partial charge in [0.2, 0.25) is 6.29 Å². The van der Waals surface area contributed by atoms with Crippen LogP contribution in [0.25, 0.3) is 0 Å². The molecule has 0 fully saturated rings. The van der Waals surface area contributed by atoms with E-state index in [4.69, 9.17) is 4.74 Å². The smallest absolute Gasteiger partial charge is 0.309 e. The average Bonchev–Trinajstić information content (AvgIpc) is 2.28. The first-order valence-corrected chi connectivity index (χ1v) is 5.13. The van der Waals surface area contributed by atoms with Crippen LogP contribution in [0.4, 0.5) is 0 Å². The van der Waals surface area contributed by atoms with E-state index < -0.39 is 18.4 Å². The van der Waals surface area contributed by atoms with E-state index in [0.717, 1.165) is 0 Å². The molecule has 0 saturated carbocycles. The minimum Gasteiger partial charge on any atom is -0.467 e. The fourth-order valence-electron chi connectivity index (χ4n) is 1.07. The Labute approximate surface area is 98.6 Å². The highest BCUT2D eigenvalue weighted by atomic mass is 16.6. The Morgan fingerprint density at radius 1 is 1.29 bits per heavy atom. The summed E-state index contributed by atoms with van der Waals surface area (Å²) in [5, 5.41) is 11.0. The highest BCUT2D eigenvalue weighted by Crippen LogP contribution is 2.09. The van der Waals surface area contributed by atoms with Crippen molar-refractivity contribution >= 4 is 18.9 Å². The molecule has 0 aromatic rings. The Morgan fingerprint density at radius 3 is 2.53 bits per heavy atom. The molecule has 0 aliphatic carbocycles. The van der Waals surface area contributed by atoms with Crippen molar-refractivity contribution in [3.63, 3.8) is 0 Å². The maximum Gasteiger partial charge on any atom is 0.309 e. The maximum atomic E-state index is 11.2. The molecule has 0 aromatic heterocycles. The molecule has 17 heavy (non-hydrogen) atoms. The largest absolute Gasteiger partial charge is 0.467 e. The number of carbonyl (C=O) groups is 3. The monoisotopic (exact) mass is 247 g/mol. The highest BCUT2D eigenvalue weighted by Gasteiger charge is 2.18.